The van der Waals surface area contributed by atoms with Gasteiger partial charge in [-0.25, -0.2) is 9.18 Å². The van der Waals surface area contributed by atoms with Gasteiger partial charge in [-0.05, 0) is 42.3 Å². The van der Waals surface area contributed by atoms with E-state index in [0.29, 0.717) is 27.5 Å². The Morgan fingerprint density at radius 2 is 1.66 bits per heavy atom. The molecule has 0 bridgehead atoms. The van der Waals surface area contributed by atoms with Crippen molar-refractivity contribution in [1.29, 1.82) is 0 Å². The third kappa shape index (κ3) is 5.68. The second-order valence-electron chi connectivity index (χ2n) is 6.32. The monoisotopic (exact) mass is 409 g/mol. The molecule has 0 aromatic heterocycles. The Bertz CT molecular complexity index is 1020. The fourth-order valence-electron chi connectivity index (χ4n) is 2.64. The number of nitrogens with one attached hydrogen (secondary N) is 1. The third-order valence-corrected chi connectivity index (χ3v) is 5.32. The van der Waals surface area contributed by atoms with Crippen molar-refractivity contribution in [3.05, 3.63) is 95.3 Å². The largest absolute Gasteiger partial charge is 0.452 e. The number of rotatable bonds is 7. The molecule has 0 saturated carbocycles. The molecule has 0 spiro atoms. The first-order valence-corrected chi connectivity index (χ1v) is 10.0. The predicted octanol–water partition coefficient (Wildman–Crippen LogP) is 5.22. The number of hydrogen-bond acceptors (Lipinski definition) is 4. The molecular formula is C23H20FNO3S. The summed E-state index contributed by atoms with van der Waals surface area (Å²) < 4.78 is 19.0. The Hall–Kier alpha value is -3.12. The number of amides is 1. The maximum atomic E-state index is 13.8. The second-order valence-corrected chi connectivity index (χ2v) is 7.33. The minimum absolute atomic E-state index is 0.284. The van der Waals surface area contributed by atoms with Crippen LogP contribution in [0.5, 0.6) is 0 Å². The van der Waals surface area contributed by atoms with E-state index in [0.717, 1.165) is 5.56 Å². The van der Waals surface area contributed by atoms with Gasteiger partial charge in [0, 0.05) is 16.3 Å². The van der Waals surface area contributed by atoms with E-state index in [1.54, 1.807) is 48.5 Å². The topological polar surface area (TPSA) is 55.4 Å². The molecule has 3 rings (SSSR count). The molecule has 1 N–H and O–H groups in total. The van der Waals surface area contributed by atoms with Crippen LogP contribution in [0.4, 0.5) is 10.1 Å². The van der Waals surface area contributed by atoms with Crippen LogP contribution in [0.1, 0.15) is 21.5 Å². The minimum atomic E-state index is -0.596. The number of halogens is 1. The lowest BCUT2D eigenvalue weighted by molar-refractivity contribution is -0.119. The lowest BCUT2D eigenvalue weighted by Crippen LogP contribution is -2.21. The molecule has 0 heterocycles. The van der Waals surface area contributed by atoms with Gasteiger partial charge in [0.1, 0.15) is 5.82 Å². The molecule has 0 aliphatic heterocycles. The fourth-order valence-corrected chi connectivity index (χ4v) is 3.67. The molecule has 4 nitrogen and oxygen atoms in total. The maximum absolute atomic E-state index is 13.8. The van der Waals surface area contributed by atoms with Gasteiger partial charge in [-0.2, -0.15) is 0 Å². The number of para-hydroxylation sites is 1. The molecule has 1 amide bonds. The Morgan fingerprint density at radius 1 is 0.966 bits per heavy atom. The second kappa shape index (κ2) is 9.89. The maximum Gasteiger partial charge on any atom is 0.339 e. The van der Waals surface area contributed by atoms with Crippen molar-refractivity contribution in [2.24, 2.45) is 0 Å². The van der Waals surface area contributed by atoms with Crippen molar-refractivity contribution in [1.82, 2.24) is 0 Å². The summed E-state index contributed by atoms with van der Waals surface area (Å²) >= 11 is 1.34. The molecule has 0 unspecified atom stereocenters. The molecule has 0 saturated heterocycles. The first kappa shape index (κ1) is 20.6. The summed E-state index contributed by atoms with van der Waals surface area (Å²) in [6.07, 6.45) is 0. The van der Waals surface area contributed by atoms with Crippen molar-refractivity contribution in [3.8, 4) is 0 Å². The molecular weight excluding hydrogens is 389 g/mol. The highest BCUT2D eigenvalue weighted by Gasteiger charge is 2.15. The molecule has 0 aliphatic carbocycles. The van der Waals surface area contributed by atoms with Crippen LogP contribution in [0.25, 0.3) is 0 Å². The third-order valence-electron chi connectivity index (χ3n) is 4.20. The van der Waals surface area contributed by atoms with Crippen molar-refractivity contribution in [2.45, 2.75) is 17.6 Å². The van der Waals surface area contributed by atoms with Crippen molar-refractivity contribution in [2.75, 3.05) is 11.9 Å². The van der Waals surface area contributed by atoms with E-state index in [-0.39, 0.29) is 12.4 Å². The van der Waals surface area contributed by atoms with Crippen LogP contribution in [0.3, 0.4) is 0 Å². The molecule has 0 aliphatic rings. The number of esters is 1. The first-order chi connectivity index (χ1) is 14.0. The molecule has 3 aromatic rings. The van der Waals surface area contributed by atoms with Gasteiger partial charge in [-0.15, -0.1) is 11.8 Å². The van der Waals surface area contributed by atoms with Crippen molar-refractivity contribution >= 4 is 29.3 Å². The average Bonchev–Trinajstić information content (AvgIpc) is 2.73. The molecule has 29 heavy (non-hydrogen) atoms. The molecule has 3 aromatic carbocycles. The van der Waals surface area contributed by atoms with Crippen LogP contribution in [0.15, 0.2) is 77.7 Å². The van der Waals surface area contributed by atoms with Crippen molar-refractivity contribution < 1.29 is 18.7 Å². The summed E-state index contributed by atoms with van der Waals surface area (Å²) in [4.78, 5) is 25.2. The average molecular weight is 409 g/mol. The Balaban J connectivity index is 1.60. The zero-order valence-corrected chi connectivity index (χ0v) is 16.7. The summed E-state index contributed by atoms with van der Waals surface area (Å²) in [7, 11) is 0. The number of ether oxygens (including phenoxy) is 1. The van der Waals surface area contributed by atoms with E-state index < -0.39 is 11.9 Å². The summed E-state index contributed by atoms with van der Waals surface area (Å²) in [6.45, 7) is 1.49. The molecule has 6 heteroatoms. The van der Waals surface area contributed by atoms with Gasteiger partial charge in [0.2, 0.25) is 0 Å². The molecule has 148 valence electrons. The minimum Gasteiger partial charge on any atom is -0.452 e. The normalized spacial score (nSPS) is 10.4. The van der Waals surface area contributed by atoms with Gasteiger partial charge in [0.15, 0.2) is 6.61 Å². The standard InChI is InChI=1S/C23H20FNO3S/c1-16-8-2-6-12-20(16)25-22(26)14-28-23(27)18-10-4-7-13-21(18)29-15-17-9-3-5-11-19(17)24/h2-13H,14-15H2,1H3,(H,25,26). The number of aryl methyl sites for hydroxylation is 1. The lowest BCUT2D eigenvalue weighted by atomic mass is 10.2. The van der Waals surface area contributed by atoms with Crippen LogP contribution < -0.4 is 5.32 Å². The molecule has 0 fully saturated rings. The van der Waals surface area contributed by atoms with E-state index >= 15 is 0 Å². The van der Waals surface area contributed by atoms with Crippen LogP contribution in [-0.4, -0.2) is 18.5 Å². The Labute approximate surface area is 173 Å². The summed E-state index contributed by atoms with van der Waals surface area (Å²) in [5.41, 5.74) is 2.49. The number of hydrogen-bond donors (Lipinski definition) is 1. The SMILES string of the molecule is Cc1ccccc1NC(=O)COC(=O)c1ccccc1SCc1ccccc1F. The van der Waals surface area contributed by atoms with Gasteiger partial charge in [-0.1, -0.05) is 48.5 Å². The predicted molar refractivity (Wildman–Crippen MR) is 112 cm³/mol. The van der Waals surface area contributed by atoms with E-state index in [1.165, 1.54) is 17.8 Å². The summed E-state index contributed by atoms with van der Waals surface area (Å²) in [5, 5.41) is 2.72. The highest BCUT2D eigenvalue weighted by atomic mass is 32.2. The van der Waals surface area contributed by atoms with Crippen LogP contribution >= 0.6 is 11.8 Å². The highest BCUT2D eigenvalue weighted by molar-refractivity contribution is 7.98. The summed E-state index contributed by atoms with van der Waals surface area (Å²) in [5.74, 6) is -0.913. The zero-order chi connectivity index (χ0) is 20.6. The van der Waals surface area contributed by atoms with E-state index in [1.807, 2.05) is 25.1 Å². The number of anilines is 1. The highest BCUT2D eigenvalue weighted by Crippen LogP contribution is 2.27. The van der Waals surface area contributed by atoms with Gasteiger partial charge >= 0.3 is 5.97 Å². The van der Waals surface area contributed by atoms with Gasteiger partial charge in [0.05, 0.1) is 5.56 Å². The molecule has 0 radical (unpaired) electrons. The van der Waals surface area contributed by atoms with Crippen LogP contribution in [0.2, 0.25) is 0 Å². The van der Waals surface area contributed by atoms with Gasteiger partial charge in [0.25, 0.3) is 5.91 Å². The quantitative estimate of drug-likeness (QED) is 0.429. The summed E-state index contributed by atoms with van der Waals surface area (Å²) in [6, 6.07) is 20.8. The zero-order valence-electron chi connectivity index (χ0n) is 15.9. The van der Waals surface area contributed by atoms with Gasteiger partial charge < -0.3 is 10.1 Å². The van der Waals surface area contributed by atoms with Crippen LogP contribution in [0, 0.1) is 12.7 Å². The van der Waals surface area contributed by atoms with Crippen LogP contribution in [-0.2, 0) is 15.3 Å². The Kier molecular flexibility index (Phi) is 7.03. The van der Waals surface area contributed by atoms with E-state index in [4.69, 9.17) is 4.74 Å². The number of thioether (sulfide) groups is 1. The van der Waals surface area contributed by atoms with Crippen molar-refractivity contribution in [3.63, 3.8) is 0 Å². The smallest absolute Gasteiger partial charge is 0.339 e. The first-order valence-electron chi connectivity index (χ1n) is 9.02. The number of carbonyl (C=O) groups excluding carboxylic acids is 2. The van der Waals surface area contributed by atoms with E-state index in [2.05, 4.69) is 5.32 Å². The Morgan fingerprint density at radius 3 is 2.45 bits per heavy atom. The number of carbonyl (C=O) groups is 2. The number of benzene rings is 3. The lowest BCUT2D eigenvalue weighted by Gasteiger charge is -2.11. The van der Waals surface area contributed by atoms with Gasteiger partial charge in [-0.3, -0.25) is 4.79 Å². The van der Waals surface area contributed by atoms with E-state index in [9.17, 15) is 14.0 Å². The molecule has 0 atom stereocenters. The fraction of sp³-hybridized carbons (Fsp3) is 0.130.